The van der Waals surface area contributed by atoms with Gasteiger partial charge in [0.2, 0.25) is 0 Å². The van der Waals surface area contributed by atoms with Gasteiger partial charge >= 0.3 is 5.97 Å². The van der Waals surface area contributed by atoms with Gasteiger partial charge in [0.15, 0.2) is 0 Å². The summed E-state index contributed by atoms with van der Waals surface area (Å²) >= 11 is 0. The van der Waals surface area contributed by atoms with Gasteiger partial charge in [0, 0.05) is 12.8 Å². The van der Waals surface area contributed by atoms with Crippen LogP contribution in [0.15, 0.2) is 0 Å². The molecule has 0 heterocycles. The third kappa shape index (κ3) is 8.05. The summed E-state index contributed by atoms with van der Waals surface area (Å²) in [6.45, 7) is 5.60. The second-order valence-electron chi connectivity index (χ2n) is 3.84. The van der Waals surface area contributed by atoms with E-state index in [1.54, 1.807) is 6.92 Å². The molecule has 2 atom stereocenters. The van der Waals surface area contributed by atoms with Crippen LogP contribution in [0.3, 0.4) is 0 Å². The van der Waals surface area contributed by atoms with Crippen LogP contribution in [0.4, 0.5) is 0 Å². The molecule has 0 aliphatic carbocycles. The molecule has 0 aromatic rings. The lowest BCUT2D eigenvalue weighted by atomic mass is 10.2. The quantitative estimate of drug-likeness (QED) is 0.509. The number of aliphatic hydroxyl groups excluding tert-OH is 1. The average molecular weight is 202 g/mol. The fourth-order valence-corrected chi connectivity index (χ4v) is 1.33. The van der Waals surface area contributed by atoms with Crippen LogP contribution in [0.25, 0.3) is 0 Å². The Bertz CT molecular complexity index is 155. The number of hydrogen-bond acceptors (Lipinski definition) is 3. The Morgan fingerprint density at radius 1 is 1.36 bits per heavy atom. The summed E-state index contributed by atoms with van der Waals surface area (Å²) in [6, 6.07) is 0. The Balaban J connectivity index is 3.50. The van der Waals surface area contributed by atoms with Crippen LogP contribution >= 0.6 is 0 Å². The van der Waals surface area contributed by atoms with E-state index in [1.807, 2.05) is 6.92 Å². The molecule has 84 valence electrons. The minimum Gasteiger partial charge on any atom is -0.463 e. The second kappa shape index (κ2) is 7.80. The Morgan fingerprint density at radius 3 is 2.50 bits per heavy atom. The van der Waals surface area contributed by atoms with E-state index in [2.05, 4.69) is 6.92 Å². The summed E-state index contributed by atoms with van der Waals surface area (Å²) in [7, 11) is 0. The van der Waals surface area contributed by atoms with Gasteiger partial charge in [0.25, 0.3) is 0 Å². The third-order valence-electron chi connectivity index (χ3n) is 1.99. The van der Waals surface area contributed by atoms with E-state index in [0.717, 1.165) is 19.3 Å². The molecule has 0 radical (unpaired) electrons. The molecule has 0 saturated heterocycles. The van der Waals surface area contributed by atoms with Gasteiger partial charge in [-0.1, -0.05) is 19.8 Å². The largest absolute Gasteiger partial charge is 0.463 e. The van der Waals surface area contributed by atoms with Crippen molar-refractivity contribution < 1.29 is 14.6 Å². The highest BCUT2D eigenvalue weighted by Gasteiger charge is 2.11. The molecule has 3 heteroatoms. The Morgan fingerprint density at radius 2 is 2.00 bits per heavy atom. The molecule has 3 nitrogen and oxygen atoms in total. The summed E-state index contributed by atoms with van der Waals surface area (Å²) in [5.41, 5.74) is 0. The standard InChI is InChI=1S/C11H22O3/c1-4-5-6-7-11(13)14-10(3)8-9(2)12/h9-10,12H,4-8H2,1-3H3/t9-,10-/m0/s1. The molecule has 0 aromatic heterocycles. The maximum atomic E-state index is 11.2. The van der Waals surface area contributed by atoms with E-state index in [9.17, 15) is 4.79 Å². The second-order valence-corrected chi connectivity index (χ2v) is 3.84. The fraction of sp³-hybridized carbons (Fsp3) is 0.909. The van der Waals surface area contributed by atoms with E-state index in [-0.39, 0.29) is 12.1 Å². The van der Waals surface area contributed by atoms with Crippen LogP contribution in [0.5, 0.6) is 0 Å². The van der Waals surface area contributed by atoms with Gasteiger partial charge in [-0.05, 0) is 20.3 Å². The van der Waals surface area contributed by atoms with Crippen LogP contribution in [0.1, 0.15) is 52.9 Å². The zero-order valence-corrected chi connectivity index (χ0v) is 9.45. The van der Waals surface area contributed by atoms with Gasteiger partial charge in [0.05, 0.1) is 6.10 Å². The molecule has 0 spiro atoms. The molecular weight excluding hydrogens is 180 g/mol. The molecule has 0 aliphatic rings. The van der Waals surface area contributed by atoms with Crippen LogP contribution in [-0.4, -0.2) is 23.3 Å². The van der Waals surface area contributed by atoms with Crippen molar-refractivity contribution in [3.8, 4) is 0 Å². The molecular formula is C11H22O3. The number of hydrogen-bond donors (Lipinski definition) is 1. The lowest BCUT2D eigenvalue weighted by molar-refractivity contribution is -0.149. The Kier molecular flexibility index (Phi) is 7.48. The van der Waals surface area contributed by atoms with Gasteiger partial charge in [-0.3, -0.25) is 4.79 Å². The van der Waals surface area contributed by atoms with Gasteiger partial charge in [-0.15, -0.1) is 0 Å². The van der Waals surface area contributed by atoms with Crippen LogP contribution in [0.2, 0.25) is 0 Å². The van der Waals surface area contributed by atoms with Crippen molar-refractivity contribution in [2.75, 3.05) is 0 Å². The highest BCUT2D eigenvalue weighted by Crippen LogP contribution is 2.06. The van der Waals surface area contributed by atoms with Crippen molar-refractivity contribution >= 4 is 5.97 Å². The predicted molar refractivity (Wildman–Crippen MR) is 56.0 cm³/mol. The van der Waals surface area contributed by atoms with E-state index in [0.29, 0.717) is 12.8 Å². The van der Waals surface area contributed by atoms with Crippen molar-refractivity contribution in [1.29, 1.82) is 0 Å². The zero-order chi connectivity index (χ0) is 11.0. The summed E-state index contributed by atoms with van der Waals surface area (Å²) < 4.78 is 5.11. The van der Waals surface area contributed by atoms with Crippen LogP contribution in [-0.2, 0) is 9.53 Å². The van der Waals surface area contributed by atoms with Crippen molar-refractivity contribution in [3.05, 3.63) is 0 Å². The molecule has 0 rings (SSSR count). The Hall–Kier alpha value is -0.570. The van der Waals surface area contributed by atoms with E-state index in [4.69, 9.17) is 9.84 Å². The summed E-state index contributed by atoms with van der Waals surface area (Å²) in [6.07, 6.45) is 3.50. The van der Waals surface area contributed by atoms with E-state index >= 15 is 0 Å². The number of ether oxygens (including phenoxy) is 1. The summed E-state index contributed by atoms with van der Waals surface area (Å²) in [4.78, 5) is 11.2. The van der Waals surface area contributed by atoms with Gasteiger partial charge in [-0.2, -0.15) is 0 Å². The minimum atomic E-state index is -0.409. The SMILES string of the molecule is CCCCCC(=O)O[C@@H](C)C[C@H](C)O. The number of aliphatic hydroxyl groups is 1. The van der Waals surface area contributed by atoms with E-state index < -0.39 is 6.10 Å². The van der Waals surface area contributed by atoms with E-state index in [1.165, 1.54) is 0 Å². The first-order valence-electron chi connectivity index (χ1n) is 5.43. The molecule has 0 fully saturated rings. The van der Waals surface area contributed by atoms with Crippen LogP contribution < -0.4 is 0 Å². The molecule has 0 bridgehead atoms. The first-order valence-corrected chi connectivity index (χ1v) is 5.43. The molecule has 0 saturated carbocycles. The monoisotopic (exact) mass is 202 g/mol. The predicted octanol–water partition coefficient (Wildman–Crippen LogP) is 2.27. The molecule has 0 amide bonds. The van der Waals surface area contributed by atoms with Gasteiger partial charge in [0.1, 0.15) is 6.10 Å². The molecule has 1 N–H and O–H groups in total. The highest BCUT2D eigenvalue weighted by atomic mass is 16.5. The van der Waals surface area contributed by atoms with Crippen molar-refractivity contribution in [1.82, 2.24) is 0 Å². The smallest absolute Gasteiger partial charge is 0.306 e. The summed E-state index contributed by atoms with van der Waals surface area (Å²) in [5, 5.41) is 9.06. The lowest BCUT2D eigenvalue weighted by Gasteiger charge is -2.14. The topological polar surface area (TPSA) is 46.5 Å². The number of esters is 1. The normalized spacial score (nSPS) is 14.9. The first-order chi connectivity index (χ1) is 6.56. The molecule has 0 unspecified atom stereocenters. The van der Waals surface area contributed by atoms with Crippen molar-refractivity contribution in [2.45, 2.75) is 65.1 Å². The van der Waals surface area contributed by atoms with Gasteiger partial charge < -0.3 is 9.84 Å². The van der Waals surface area contributed by atoms with Crippen molar-refractivity contribution in [3.63, 3.8) is 0 Å². The van der Waals surface area contributed by atoms with Crippen molar-refractivity contribution in [2.24, 2.45) is 0 Å². The molecule has 0 aromatic carbocycles. The van der Waals surface area contributed by atoms with Gasteiger partial charge in [-0.25, -0.2) is 0 Å². The zero-order valence-electron chi connectivity index (χ0n) is 9.45. The summed E-state index contributed by atoms with van der Waals surface area (Å²) in [5.74, 6) is -0.147. The molecule has 14 heavy (non-hydrogen) atoms. The lowest BCUT2D eigenvalue weighted by Crippen LogP contribution is -2.19. The first kappa shape index (κ1) is 13.4. The number of carbonyl (C=O) groups excluding carboxylic acids is 1. The minimum absolute atomic E-state index is 0.147. The maximum absolute atomic E-state index is 11.2. The average Bonchev–Trinajstić information content (AvgIpc) is 2.02. The van der Waals surface area contributed by atoms with Crippen LogP contribution in [0, 0.1) is 0 Å². The fourth-order valence-electron chi connectivity index (χ4n) is 1.33. The number of rotatable bonds is 7. The maximum Gasteiger partial charge on any atom is 0.306 e. The number of carbonyl (C=O) groups is 1. The molecule has 0 aliphatic heterocycles. The highest BCUT2D eigenvalue weighted by molar-refractivity contribution is 5.69. The Labute approximate surface area is 86.5 Å². The third-order valence-corrected chi connectivity index (χ3v) is 1.99. The number of unbranched alkanes of at least 4 members (excludes halogenated alkanes) is 2.